The van der Waals surface area contributed by atoms with E-state index in [-0.39, 0.29) is 35.4 Å². The van der Waals surface area contributed by atoms with Crippen LogP contribution in [-0.4, -0.2) is 57.1 Å². The molecule has 0 bridgehead atoms. The summed E-state index contributed by atoms with van der Waals surface area (Å²) >= 11 is 4.90. The molecule has 1 heterocycles. The number of aromatic nitrogens is 1. The molecule has 0 aliphatic heterocycles. The number of thiazole rings is 1. The molecule has 0 unspecified atom stereocenters. The van der Waals surface area contributed by atoms with Gasteiger partial charge in [-0.15, -0.1) is 12.4 Å². The van der Waals surface area contributed by atoms with Crippen LogP contribution in [0, 0.1) is 0 Å². The van der Waals surface area contributed by atoms with E-state index in [1.54, 1.807) is 35.2 Å². The summed E-state index contributed by atoms with van der Waals surface area (Å²) in [6.07, 6.45) is 0.683. The summed E-state index contributed by atoms with van der Waals surface area (Å²) in [7, 11) is 0.446. The molecule has 0 atom stereocenters. The highest BCUT2D eigenvalue weighted by Gasteiger charge is 2.23. The maximum absolute atomic E-state index is 13.0. The zero-order valence-electron chi connectivity index (χ0n) is 17.3. The van der Waals surface area contributed by atoms with Crippen molar-refractivity contribution in [3.8, 4) is 0 Å². The van der Waals surface area contributed by atoms with Crippen molar-refractivity contribution < 1.29 is 13.2 Å². The van der Waals surface area contributed by atoms with Gasteiger partial charge in [0, 0.05) is 17.4 Å². The Bertz CT molecular complexity index is 1120. The van der Waals surface area contributed by atoms with Gasteiger partial charge in [0.1, 0.15) is 0 Å². The second-order valence-electron chi connectivity index (χ2n) is 7.19. The Hall–Kier alpha value is -1.52. The SMILES string of the molecule is CN(C)CCCN(C(=O)CCS(=O)(=O)c1ccccc1)c1nc2ccc(Br)cc2s1.Cl. The van der Waals surface area contributed by atoms with E-state index in [9.17, 15) is 13.2 Å². The topological polar surface area (TPSA) is 70.6 Å². The first kappa shape index (κ1) is 25.7. The van der Waals surface area contributed by atoms with E-state index in [0.29, 0.717) is 11.7 Å². The average molecular weight is 547 g/mol. The van der Waals surface area contributed by atoms with Crippen molar-refractivity contribution in [1.82, 2.24) is 9.88 Å². The van der Waals surface area contributed by atoms with Crippen LogP contribution in [0.5, 0.6) is 0 Å². The molecule has 0 aliphatic rings. The predicted molar refractivity (Wildman–Crippen MR) is 133 cm³/mol. The molecule has 2 aromatic carbocycles. The summed E-state index contributed by atoms with van der Waals surface area (Å²) in [4.78, 5) is 21.6. The molecule has 0 radical (unpaired) electrons. The van der Waals surface area contributed by atoms with Gasteiger partial charge in [-0.05, 0) is 57.4 Å². The Morgan fingerprint density at radius 1 is 1.10 bits per heavy atom. The molecule has 3 aromatic rings. The average Bonchev–Trinajstić information content (AvgIpc) is 3.12. The van der Waals surface area contributed by atoms with Crippen molar-refractivity contribution in [2.45, 2.75) is 17.7 Å². The Labute approximate surface area is 201 Å². The molecule has 168 valence electrons. The first-order valence-electron chi connectivity index (χ1n) is 9.55. The van der Waals surface area contributed by atoms with Crippen molar-refractivity contribution in [1.29, 1.82) is 0 Å². The highest BCUT2D eigenvalue weighted by atomic mass is 79.9. The molecule has 1 aromatic heterocycles. The van der Waals surface area contributed by atoms with Gasteiger partial charge in [-0.25, -0.2) is 13.4 Å². The third-order valence-electron chi connectivity index (χ3n) is 4.55. The molecule has 0 saturated heterocycles. The number of rotatable bonds is 9. The first-order chi connectivity index (χ1) is 14.3. The monoisotopic (exact) mass is 545 g/mol. The number of anilines is 1. The van der Waals surface area contributed by atoms with Crippen LogP contribution in [-0.2, 0) is 14.6 Å². The lowest BCUT2D eigenvalue weighted by atomic mass is 10.3. The zero-order chi connectivity index (χ0) is 21.7. The third kappa shape index (κ3) is 6.98. The van der Waals surface area contributed by atoms with E-state index in [1.165, 1.54) is 11.3 Å². The number of hydrogen-bond acceptors (Lipinski definition) is 6. The van der Waals surface area contributed by atoms with Gasteiger partial charge in [-0.2, -0.15) is 0 Å². The molecule has 0 aliphatic carbocycles. The maximum atomic E-state index is 13.0. The lowest BCUT2D eigenvalue weighted by molar-refractivity contribution is -0.118. The normalized spacial score (nSPS) is 11.5. The van der Waals surface area contributed by atoms with Crippen molar-refractivity contribution in [3.05, 3.63) is 53.0 Å². The van der Waals surface area contributed by atoms with Gasteiger partial charge < -0.3 is 4.90 Å². The number of fused-ring (bicyclic) bond motifs is 1. The Morgan fingerprint density at radius 3 is 2.48 bits per heavy atom. The Morgan fingerprint density at radius 2 is 1.81 bits per heavy atom. The number of halogens is 2. The molecule has 3 rings (SSSR count). The number of carbonyl (C=O) groups excluding carboxylic acids is 1. The van der Waals surface area contributed by atoms with Crippen molar-refractivity contribution in [2.75, 3.05) is 37.8 Å². The van der Waals surface area contributed by atoms with Crippen LogP contribution in [0.2, 0.25) is 0 Å². The van der Waals surface area contributed by atoms with Crippen LogP contribution in [0.1, 0.15) is 12.8 Å². The molecular formula is C21H25BrClN3O3S2. The van der Waals surface area contributed by atoms with Gasteiger partial charge in [-0.3, -0.25) is 9.69 Å². The third-order valence-corrected chi connectivity index (χ3v) is 7.81. The lowest BCUT2D eigenvalue weighted by Crippen LogP contribution is -2.34. The molecular weight excluding hydrogens is 522 g/mol. The number of sulfone groups is 1. The predicted octanol–water partition coefficient (Wildman–Crippen LogP) is 4.63. The van der Waals surface area contributed by atoms with Gasteiger partial charge in [-0.1, -0.05) is 45.5 Å². The number of benzene rings is 2. The summed E-state index contributed by atoms with van der Waals surface area (Å²) < 4.78 is 27.1. The summed E-state index contributed by atoms with van der Waals surface area (Å²) in [5.74, 6) is -0.456. The molecule has 0 saturated carbocycles. The minimum atomic E-state index is -3.51. The van der Waals surface area contributed by atoms with Crippen LogP contribution < -0.4 is 4.90 Å². The Kier molecular flexibility index (Phi) is 9.45. The van der Waals surface area contributed by atoms with E-state index in [4.69, 9.17) is 0 Å². The van der Waals surface area contributed by atoms with Crippen LogP contribution in [0.4, 0.5) is 5.13 Å². The molecule has 1 amide bonds. The second-order valence-corrected chi connectivity index (χ2v) is 11.2. The van der Waals surface area contributed by atoms with Gasteiger partial charge in [0.2, 0.25) is 5.91 Å². The minimum Gasteiger partial charge on any atom is -0.309 e. The second kappa shape index (κ2) is 11.4. The number of carbonyl (C=O) groups is 1. The van der Waals surface area contributed by atoms with Crippen molar-refractivity contribution in [2.24, 2.45) is 0 Å². The lowest BCUT2D eigenvalue weighted by Gasteiger charge is -2.21. The highest BCUT2D eigenvalue weighted by Crippen LogP contribution is 2.31. The van der Waals surface area contributed by atoms with Crippen LogP contribution in [0.3, 0.4) is 0 Å². The first-order valence-corrected chi connectivity index (χ1v) is 12.8. The summed E-state index contributed by atoms with van der Waals surface area (Å²) in [5, 5.41) is 0.601. The molecule has 0 spiro atoms. The van der Waals surface area contributed by atoms with Crippen LogP contribution >= 0.6 is 39.7 Å². The number of amides is 1. The van der Waals surface area contributed by atoms with Crippen LogP contribution in [0.25, 0.3) is 10.2 Å². The maximum Gasteiger partial charge on any atom is 0.229 e. The molecule has 0 fully saturated rings. The van der Waals surface area contributed by atoms with E-state index in [0.717, 1.165) is 27.7 Å². The van der Waals surface area contributed by atoms with Crippen molar-refractivity contribution in [3.63, 3.8) is 0 Å². The summed E-state index contributed by atoms with van der Waals surface area (Å²) in [5.41, 5.74) is 0.820. The minimum absolute atomic E-state index is 0. The zero-order valence-corrected chi connectivity index (χ0v) is 21.4. The fourth-order valence-corrected chi connectivity index (χ4v) is 5.79. The fourth-order valence-electron chi connectivity index (χ4n) is 2.98. The quantitative estimate of drug-likeness (QED) is 0.391. The van der Waals surface area contributed by atoms with Gasteiger partial charge >= 0.3 is 0 Å². The van der Waals surface area contributed by atoms with E-state index in [1.807, 2.05) is 32.3 Å². The molecule has 6 nitrogen and oxygen atoms in total. The number of hydrogen-bond donors (Lipinski definition) is 0. The Balaban J connectivity index is 0.00000341. The van der Waals surface area contributed by atoms with E-state index in [2.05, 4.69) is 25.8 Å². The number of nitrogens with zero attached hydrogens (tertiary/aromatic N) is 3. The van der Waals surface area contributed by atoms with Gasteiger partial charge in [0.25, 0.3) is 0 Å². The van der Waals surface area contributed by atoms with E-state index >= 15 is 0 Å². The van der Waals surface area contributed by atoms with Gasteiger partial charge in [0.15, 0.2) is 15.0 Å². The van der Waals surface area contributed by atoms with E-state index < -0.39 is 9.84 Å². The summed E-state index contributed by atoms with van der Waals surface area (Å²) in [6.45, 7) is 1.31. The fraction of sp³-hybridized carbons (Fsp3) is 0.333. The van der Waals surface area contributed by atoms with Crippen molar-refractivity contribution >= 4 is 70.8 Å². The molecule has 31 heavy (non-hydrogen) atoms. The van der Waals surface area contributed by atoms with Crippen LogP contribution in [0.15, 0.2) is 57.9 Å². The van der Waals surface area contributed by atoms with Gasteiger partial charge in [0.05, 0.1) is 20.9 Å². The smallest absolute Gasteiger partial charge is 0.229 e. The molecule has 10 heteroatoms. The largest absolute Gasteiger partial charge is 0.309 e. The highest BCUT2D eigenvalue weighted by molar-refractivity contribution is 9.10. The molecule has 0 N–H and O–H groups in total. The summed E-state index contributed by atoms with van der Waals surface area (Å²) in [6, 6.07) is 14.0. The standard InChI is InChI=1S/C21H24BrN3O3S2.ClH/c1-24(2)12-6-13-25(21-23-18-10-9-16(22)15-19(18)29-21)20(26)11-14-30(27,28)17-7-4-3-5-8-17;/h3-5,7-10,15H,6,11-14H2,1-2H3;1H.